The molecule has 4 aliphatic carbocycles. The number of benzene rings is 4. The molecular weight excluding hydrogens is 518 g/mol. The molecule has 0 radical (unpaired) electrons. The van der Waals surface area contributed by atoms with E-state index in [0.29, 0.717) is 0 Å². The first-order valence-corrected chi connectivity index (χ1v) is 17.5. The van der Waals surface area contributed by atoms with Crippen LogP contribution >= 0.6 is 0 Å². The van der Waals surface area contributed by atoms with Crippen LogP contribution in [0.4, 0.5) is 17.1 Å². The van der Waals surface area contributed by atoms with Crippen LogP contribution in [0.1, 0.15) is 130 Å². The highest BCUT2D eigenvalue weighted by atomic mass is 15.1. The second kappa shape index (κ2) is 11.6. The molecule has 0 amide bonds. The van der Waals surface area contributed by atoms with Gasteiger partial charge in [-0.3, -0.25) is 0 Å². The summed E-state index contributed by atoms with van der Waals surface area (Å²) in [5, 5.41) is 0. The molecule has 0 atom stereocenters. The first-order chi connectivity index (χ1) is 21.3. The summed E-state index contributed by atoms with van der Waals surface area (Å²) in [5.74, 6) is 1.46. The molecule has 1 spiro atoms. The van der Waals surface area contributed by atoms with Crippen molar-refractivity contribution in [1.82, 2.24) is 0 Å². The molecule has 4 aliphatic rings. The molecule has 8 rings (SSSR count). The number of nitrogens with zero attached hydrogens (tertiary/aromatic N) is 1. The van der Waals surface area contributed by atoms with Crippen molar-refractivity contribution in [3.8, 4) is 11.1 Å². The van der Waals surface area contributed by atoms with Crippen molar-refractivity contribution in [2.45, 2.75) is 114 Å². The van der Waals surface area contributed by atoms with E-state index in [1.807, 2.05) is 0 Å². The molecule has 3 fully saturated rings. The van der Waals surface area contributed by atoms with Crippen LogP contribution in [0.3, 0.4) is 0 Å². The quantitative estimate of drug-likeness (QED) is 0.233. The molecule has 3 saturated carbocycles. The molecule has 4 aromatic rings. The summed E-state index contributed by atoms with van der Waals surface area (Å²) < 4.78 is 0. The van der Waals surface area contributed by atoms with E-state index in [4.69, 9.17) is 0 Å². The van der Waals surface area contributed by atoms with Crippen LogP contribution in [0.2, 0.25) is 0 Å². The first-order valence-electron chi connectivity index (χ1n) is 17.5. The van der Waals surface area contributed by atoms with Crippen LogP contribution in [-0.2, 0) is 5.41 Å². The molecule has 220 valence electrons. The summed E-state index contributed by atoms with van der Waals surface area (Å²) in [4.78, 5) is 2.54. The van der Waals surface area contributed by atoms with Gasteiger partial charge in [0, 0.05) is 22.5 Å². The average Bonchev–Trinajstić information content (AvgIpc) is 3.35. The molecule has 0 bridgehead atoms. The lowest BCUT2D eigenvalue weighted by atomic mass is 9.68. The average molecular weight is 566 g/mol. The van der Waals surface area contributed by atoms with Crippen molar-refractivity contribution < 1.29 is 0 Å². The molecule has 0 aromatic heterocycles. The van der Waals surface area contributed by atoms with E-state index >= 15 is 0 Å². The normalized spacial score (nSPS) is 20.1. The summed E-state index contributed by atoms with van der Waals surface area (Å²) in [6.45, 7) is 0. The molecule has 4 aromatic carbocycles. The molecule has 1 nitrogen and oxygen atoms in total. The van der Waals surface area contributed by atoms with Crippen molar-refractivity contribution in [3.05, 3.63) is 113 Å². The second-order valence-electron chi connectivity index (χ2n) is 14.1. The summed E-state index contributed by atoms with van der Waals surface area (Å²) in [5.41, 5.74) is 13.1. The van der Waals surface area contributed by atoms with Gasteiger partial charge in [-0.2, -0.15) is 0 Å². The van der Waals surface area contributed by atoms with Crippen LogP contribution in [0.5, 0.6) is 0 Å². The molecule has 0 saturated heterocycles. The van der Waals surface area contributed by atoms with Gasteiger partial charge in [0.15, 0.2) is 0 Å². The smallest absolute Gasteiger partial charge is 0.0465 e. The van der Waals surface area contributed by atoms with Gasteiger partial charge in [-0.25, -0.2) is 0 Å². The summed E-state index contributed by atoms with van der Waals surface area (Å²) >= 11 is 0. The predicted octanol–water partition coefficient (Wildman–Crippen LogP) is 12.5. The summed E-state index contributed by atoms with van der Waals surface area (Å²) in [6, 6.07) is 36.0. The van der Waals surface area contributed by atoms with E-state index in [2.05, 4.69) is 95.9 Å². The predicted molar refractivity (Wildman–Crippen MR) is 182 cm³/mol. The Bertz CT molecular complexity index is 1480. The Morgan fingerprint density at radius 1 is 0.442 bits per heavy atom. The Morgan fingerprint density at radius 3 is 1.51 bits per heavy atom. The third-order valence-electron chi connectivity index (χ3n) is 11.7. The molecule has 0 unspecified atom stereocenters. The van der Waals surface area contributed by atoms with Gasteiger partial charge >= 0.3 is 0 Å². The fourth-order valence-electron chi connectivity index (χ4n) is 9.39. The Kier molecular flexibility index (Phi) is 7.38. The number of anilines is 3. The van der Waals surface area contributed by atoms with Gasteiger partial charge in [0.25, 0.3) is 0 Å². The maximum atomic E-state index is 2.57. The monoisotopic (exact) mass is 565 g/mol. The lowest BCUT2D eigenvalue weighted by Gasteiger charge is -2.36. The van der Waals surface area contributed by atoms with Crippen LogP contribution in [0, 0.1) is 0 Å². The third-order valence-corrected chi connectivity index (χ3v) is 11.7. The Balaban J connectivity index is 1.21. The van der Waals surface area contributed by atoms with Gasteiger partial charge in [0.2, 0.25) is 0 Å². The fourth-order valence-corrected chi connectivity index (χ4v) is 9.39. The zero-order valence-electron chi connectivity index (χ0n) is 25.9. The topological polar surface area (TPSA) is 3.24 Å². The molecule has 0 N–H and O–H groups in total. The lowest BCUT2D eigenvalue weighted by Crippen LogP contribution is -2.28. The van der Waals surface area contributed by atoms with E-state index in [-0.39, 0.29) is 5.41 Å². The van der Waals surface area contributed by atoms with Gasteiger partial charge < -0.3 is 4.90 Å². The molecule has 43 heavy (non-hydrogen) atoms. The highest BCUT2D eigenvalue weighted by Gasteiger charge is 2.43. The van der Waals surface area contributed by atoms with Crippen molar-refractivity contribution >= 4 is 17.1 Å². The maximum Gasteiger partial charge on any atom is 0.0465 e. The Hall–Kier alpha value is -3.32. The van der Waals surface area contributed by atoms with Crippen molar-refractivity contribution in [2.75, 3.05) is 4.90 Å². The van der Waals surface area contributed by atoms with Gasteiger partial charge in [-0.15, -0.1) is 0 Å². The summed E-state index contributed by atoms with van der Waals surface area (Å²) in [6.07, 6.45) is 20.3. The zero-order valence-corrected chi connectivity index (χ0v) is 25.9. The van der Waals surface area contributed by atoms with Gasteiger partial charge in [0.1, 0.15) is 0 Å². The van der Waals surface area contributed by atoms with Crippen molar-refractivity contribution in [3.63, 3.8) is 0 Å². The molecule has 0 heterocycles. The highest BCUT2D eigenvalue weighted by molar-refractivity contribution is 5.86. The maximum absolute atomic E-state index is 2.57. The molecule has 1 heteroatoms. The Morgan fingerprint density at radius 2 is 0.930 bits per heavy atom. The lowest BCUT2D eigenvalue weighted by molar-refractivity contribution is 0.353. The van der Waals surface area contributed by atoms with E-state index in [1.54, 1.807) is 11.1 Å². The van der Waals surface area contributed by atoms with Gasteiger partial charge in [-0.05, 0) is 120 Å². The minimum atomic E-state index is 0.168. The van der Waals surface area contributed by atoms with Gasteiger partial charge in [0.05, 0.1) is 0 Å². The minimum Gasteiger partial charge on any atom is -0.310 e. The van der Waals surface area contributed by atoms with Crippen LogP contribution < -0.4 is 4.90 Å². The first kappa shape index (κ1) is 27.2. The zero-order chi connectivity index (χ0) is 28.6. The largest absolute Gasteiger partial charge is 0.310 e. The van der Waals surface area contributed by atoms with Crippen molar-refractivity contribution in [1.29, 1.82) is 0 Å². The number of hydrogen-bond donors (Lipinski definition) is 0. The van der Waals surface area contributed by atoms with Crippen LogP contribution in [-0.4, -0.2) is 0 Å². The number of rotatable bonds is 5. The van der Waals surface area contributed by atoms with E-state index < -0.39 is 0 Å². The minimum absolute atomic E-state index is 0.168. The fraction of sp³-hybridized carbons (Fsp3) is 0.429. The second-order valence-corrected chi connectivity index (χ2v) is 14.1. The Labute approximate surface area is 259 Å². The number of hydrogen-bond acceptors (Lipinski definition) is 1. The third kappa shape index (κ3) is 4.94. The van der Waals surface area contributed by atoms with E-state index in [1.165, 1.54) is 136 Å². The standard InChI is InChI=1S/C42H47N/c1-4-12-31(13-5-1)33-18-22-35(23-19-33)43(36-24-20-34(21-25-36)32-14-6-2-7-15-32)37-26-27-39-38-16-8-9-17-40(38)42(41(39)30-37)28-10-3-11-29-42/h8-9,16-27,30-32H,1-7,10-15,28-29H2. The highest BCUT2D eigenvalue weighted by Crippen LogP contribution is 2.56. The summed E-state index contributed by atoms with van der Waals surface area (Å²) in [7, 11) is 0. The van der Waals surface area contributed by atoms with Gasteiger partial charge in [-0.1, -0.05) is 112 Å². The van der Waals surface area contributed by atoms with Crippen molar-refractivity contribution in [2.24, 2.45) is 0 Å². The van der Waals surface area contributed by atoms with E-state index in [9.17, 15) is 0 Å². The van der Waals surface area contributed by atoms with E-state index in [0.717, 1.165) is 11.8 Å². The molecule has 0 aliphatic heterocycles. The van der Waals surface area contributed by atoms with Crippen LogP contribution in [0.25, 0.3) is 11.1 Å². The van der Waals surface area contributed by atoms with Crippen LogP contribution in [0.15, 0.2) is 91.0 Å². The number of fused-ring (bicyclic) bond motifs is 5. The SMILES string of the molecule is c1ccc2c(c1)-c1ccc(N(c3ccc(C4CCCCC4)cc3)c3ccc(C4CCCCC4)cc3)cc1C21CCCCC1. The molecular formula is C42H47N.